The molecule has 7 nitrogen and oxygen atoms in total. The van der Waals surface area contributed by atoms with Gasteiger partial charge in [-0.1, -0.05) is 6.07 Å². The molecule has 5 heterocycles. The zero-order valence-electron chi connectivity index (χ0n) is 14.7. The molecule has 0 bridgehead atoms. The van der Waals surface area contributed by atoms with Gasteiger partial charge in [0.1, 0.15) is 11.5 Å². The van der Waals surface area contributed by atoms with Crippen LogP contribution in [-0.4, -0.2) is 45.5 Å². The van der Waals surface area contributed by atoms with Gasteiger partial charge in [0.2, 0.25) is 0 Å². The Morgan fingerprint density at radius 3 is 2.78 bits per heavy atom. The lowest BCUT2D eigenvalue weighted by atomic mass is 9.94. The smallest absolute Gasteiger partial charge is 0.270 e. The fourth-order valence-electron chi connectivity index (χ4n) is 3.62. The Balaban J connectivity index is 1.52. The minimum atomic E-state index is -0.133. The monoisotopic (exact) mass is 358 g/mol. The summed E-state index contributed by atoms with van der Waals surface area (Å²) in [5.74, 6) is 1.65. The molecule has 3 aromatic heterocycles. The lowest BCUT2D eigenvalue weighted by molar-refractivity contribution is 0.0940. The number of aromatic nitrogens is 4. The molecule has 2 aliphatic heterocycles. The lowest BCUT2D eigenvalue weighted by Gasteiger charge is -2.41. The van der Waals surface area contributed by atoms with Crippen molar-refractivity contribution in [3.8, 4) is 11.4 Å². The molecule has 5 rings (SSSR count). The molecule has 27 heavy (non-hydrogen) atoms. The van der Waals surface area contributed by atoms with Crippen molar-refractivity contribution < 1.29 is 4.79 Å². The molecule has 1 amide bonds. The number of anilines is 1. The van der Waals surface area contributed by atoms with Crippen LogP contribution in [0.5, 0.6) is 0 Å². The summed E-state index contributed by atoms with van der Waals surface area (Å²) in [6, 6.07) is 9.76. The van der Waals surface area contributed by atoms with Crippen LogP contribution in [0, 0.1) is 0 Å². The van der Waals surface area contributed by atoms with E-state index in [1.807, 2.05) is 30.5 Å². The number of pyridine rings is 2. The van der Waals surface area contributed by atoms with E-state index in [-0.39, 0.29) is 5.91 Å². The van der Waals surface area contributed by atoms with E-state index < -0.39 is 0 Å². The van der Waals surface area contributed by atoms with Crippen LogP contribution in [-0.2, 0) is 6.42 Å². The van der Waals surface area contributed by atoms with Crippen LogP contribution in [0.25, 0.3) is 11.4 Å². The number of rotatable bonds is 3. The van der Waals surface area contributed by atoms with Gasteiger partial charge in [0, 0.05) is 61.0 Å². The number of carbonyl (C=O) groups is 1. The summed E-state index contributed by atoms with van der Waals surface area (Å²) in [5, 5.41) is 2.88. The highest BCUT2D eigenvalue weighted by Crippen LogP contribution is 2.34. The van der Waals surface area contributed by atoms with E-state index in [1.54, 1.807) is 12.4 Å². The molecule has 0 atom stereocenters. The fraction of sp³-hybridized carbons (Fsp3) is 0.250. The van der Waals surface area contributed by atoms with E-state index in [1.165, 1.54) is 0 Å². The molecular formula is C20H18N6O. The molecule has 2 aliphatic rings. The van der Waals surface area contributed by atoms with Gasteiger partial charge in [0.05, 0.1) is 0 Å². The van der Waals surface area contributed by atoms with Crippen LogP contribution < -0.4 is 10.2 Å². The summed E-state index contributed by atoms with van der Waals surface area (Å²) in [6.07, 6.45) is 6.01. The quantitative estimate of drug-likeness (QED) is 0.769. The maximum Gasteiger partial charge on any atom is 0.270 e. The van der Waals surface area contributed by atoms with Gasteiger partial charge in [0.15, 0.2) is 5.82 Å². The highest BCUT2D eigenvalue weighted by molar-refractivity contribution is 5.96. The van der Waals surface area contributed by atoms with Crippen molar-refractivity contribution in [1.82, 2.24) is 25.3 Å². The second-order valence-corrected chi connectivity index (χ2v) is 6.80. The Labute approximate surface area is 156 Å². The number of hydrogen-bond donors (Lipinski definition) is 1. The molecule has 134 valence electrons. The minimum Gasteiger partial charge on any atom is -0.355 e. The predicted octanol–water partition coefficient (Wildman–Crippen LogP) is 1.82. The molecule has 0 aliphatic carbocycles. The second kappa shape index (κ2) is 6.42. The van der Waals surface area contributed by atoms with E-state index >= 15 is 0 Å². The second-order valence-electron chi connectivity index (χ2n) is 6.80. The highest BCUT2D eigenvalue weighted by Gasteiger charge is 2.34. The van der Waals surface area contributed by atoms with Gasteiger partial charge >= 0.3 is 0 Å². The van der Waals surface area contributed by atoms with Gasteiger partial charge in [0.25, 0.3) is 5.91 Å². The summed E-state index contributed by atoms with van der Waals surface area (Å²) < 4.78 is 0. The first-order valence-corrected chi connectivity index (χ1v) is 9.05. The van der Waals surface area contributed by atoms with Crippen LogP contribution in [0.15, 0.2) is 48.9 Å². The molecule has 1 N–H and O–H groups in total. The third-order valence-corrected chi connectivity index (χ3v) is 5.07. The first-order valence-electron chi connectivity index (χ1n) is 9.05. The SMILES string of the molecule is O=C1NCCc2c1nc(-c1cccnc1)nc2N1CC(c2ccccn2)C1. The Kier molecular flexibility index (Phi) is 3.78. The zero-order chi connectivity index (χ0) is 18.2. The van der Waals surface area contributed by atoms with Crippen molar-refractivity contribution in [3.63, 3.8) is 0 Å². The average Bonchev–Trinajstić information content (AvgIpc) is 2.69. The number of carbonyl (C=O) groups excluding carboxylic acids is 1. The molecule has 0 unspecified atom stereocenters. The van der Waals surface area contributed by atoms with Crippen LogP contribution in [0.4, 0.5) is 5.82 Å². The van der Waals surface area contributed by atoms with Crippen LogP contribution in [0.1, 0.15) is 27.7 Å². The molecular weight excluding hydrogens is 340 g/mol. The minimum absolute atomic E-state index is 0.133. The molecule has 7 heteroatoms. The first kappa shape index (κ1) is 15.9. The van der Waals surface area contributed by atoms with Crippen LogP contribution in [0.3, 0.4) is 0 Å². The van der Waals surface area contributed by atoms with Gasteiger partial charge in [-0.2, -0.15) is 0 Å². The normalized spacial score (nSPS) is 16.4. The Morgan fingerprint density at radius 1 is 1.07 bits per heavy atom. The van der Waals surface area contributed by atoms with E-state index in [9.17, 15) is 4.79 Å². The fourth-order valence-corrected chi connectivity index (χ4v) is 3.62. The molecule has 0 radical (unpaired) electrons. The maximum atomic E-state index is 12.4. The zero-order valence-corrected chi connectivity index (χ0v) is 14.7. The standard InChI is InChI=1S/C20H18N6O/c27-20-17-15(6-9-23-20)19(25-18(24-17)13-4-3-7-21-10-13)26-11-14(12-26)16-5-1-2-8-22-16/h1-5,7-8,10,14H,6,9,11-12H2,(H,23,27). The van der Waals surface area contributed by atoms with Gasteiger partial charge in [-0.25, -0.2) is 9.97 Å². The Morgan fingerprint density at radius 2 is 2.00 bits per heavy atom. The van der Waals surface area contributed by atoms with Crippen molar-refractivity contribution >= 4 is 11.7 Å². The van der Waals surface area contributed by atoms with Gasteiger partial charge in [-0.15, -0.1) is 0 Å². The number of hydrogen-bond acceptors (Lipinski definition) is 6. The first-order chi connectivity index (χ1) is 13.3. The summed E-state index contributed by atoms with van der Waals surface area (Å²) >= 11 is 0. The number of amides is 1. The van der Waals surface area contributed by atoms with E-state index in [4.69, 9.17) is 4.98 Å². The largest absolute Gasteiger partial charge is 0.355 e. The number of nitrogens with zero attached hydrogens (tertiary/aromatic N) is 5. The summed E-state index contributed by atoms with van der Waals surface area (Å²) in [4.78, 5) is 32.6. The lowest BCUT2D eigenvalue weighted by Crippen LogP contribution is -2.47. The van der Waals surface area contributed by atoms with Crippen molar-refractivity contribution in [1.29, 1.82) is 0 Å². The number of nitrogens with one attached hydrogen (secondary N) is 1. The van der Waals surface area contributed by atoms with Crippen molar-refractivity contribution in [2.45, 2.75) is 12.3 Å². The van der Waals surface area contributed by atoms with E-state index in [0.717, 1.165) is 42.1 Å². The molecule has 0 spiro atoms. The Hall–Kier alpha value is -3.35. The third-order valence-electron chi connectivity index (χ3n) is 5.07. The number of fused-ring (bicyclic) bond motifs is 1. The molecule has 0 saturated carbocycles. The predicted molar refractivity (Wildman–Crippen MR) is 100 cm³/mol. The Bertz CT molecular complexity index is 986. The molecule has 3 aromatic rings. The van der Waals surface area contributed by atoms with Gasteiger partial charge < -0.3 is 10.2 Å². The average molecular weight is 358 g/mol. The topological polar surface area (TPSA) is 83.9 Å². The van der Waals surface area contributed by atoms with Crippen molar-refractivity contribution in [3.05, 3.63) is 65.9 Å². The van der Waals surface area contributed by atoms with Crippen molar-refractivity contribution in [2.75, 3.05) is 24.5 Å². The molecule has 1 saturated heterocycles. The highest BCUT2D eigenvalue weighted by atomic mass is 16.1. The summed E-state index contributed by atoms with van der Waals surface area (Å²) in [6.45, 7) is 2.30. The maximum absolute atomic E-state index is 12.4. The molecule has 0 aromatic carbocycles. The van der Waals surface area contributed by atoms with Crippen molar-refractivity contribution in [2.24, 2.45) is 0 Å². The van der Waals surface area contributed by atoms with E-state index in [2.05, 4.69) is 31.2 Å². The van der Waals surface area contributed by atoms with Crippen LogP contribution >= 0.6 is 0 Å². The summed E-state index contributed by atoms with van der Waals surface area (Å²) in [7, 11) is 0. The molecule has 1 fully saturated rings. The van der Waals surface area contributed by atoms with Gasteiger partial charge in [-0.3, -0.25) is 14.8 Å². The van der Waals surface area contributed by atoms with Gasteiger partial charge in [-0.05, 0) is 30.7 Å². The summed E-state index contributed by atoms with van der Waals surface area (Å²) in [5.41, 5.74) is 3.32. The third kappa shape index (κ3) is 2.81. The van der Waals surface area contributed by atoms with Crippen LogP contribution in [0.2, 0.25) is 0 Å². The van der Waals surface area contributed by atoms with E-state index in [0.29, 0.717) is 24.0 Å².